The molecule has 22 heavy (non-hydrogen) atoms. The van der Waals surface area contributed by atoms with Gasteiger partial charge >= 0.3 is 5.69 Å². The fourth-order valence-electron chi connectivity index (χ4n) is 2.37. The lowest BCUT2D eigenvalue weighted by molar-refractivity contribution is -0.385. The van der Waals surface area contributed by atoms with Gasteiger partial charge in [0.1, 0.15) is 5.76 Å². The molecule has 2 aromatic rings. The SMILES string of the molecule is COc1cc(NC(C)c2c(C)noc2C)c(F)cc1[N+](=O)[O-]. The number of nitrogens with one attached hydrogen (secondary N) is 1. The number of hydrogen-bond acceptors (Lipinski definition) is 6. The first kappa shape index (κ1) is 15.7. The minimum absolute atomic E-state index is 0.0140. The number of aromatic nitrogens is 1. The van der Waals surface area contributed by atoms with E-state index in [-0.39, 0.29) is 17.5 Å². The molecule has 0 amide bonds. The summed E-state index contributed by atoms with van der Waals surface area (Å²) in [7, 11) is 1.29. The van der Waals surface area contributed by atoms with Crippen LogP contribution < -0.4 is 10.1 Å². The Kier molecular flexibility index (Phi) is 4.30. The molecule has 0 fully saturated rings. The number of hydrogen-bond donors (Lipinski definition) is 1. The average Bonchev–Trinajstić information content (AvgIpc) is 2.79. The van der Waals surface area contributed by atoms with E-state index in [0.717, 1.165) is 11.6 Å². The topological polar surface area (TPSA) is 90.4 Å². The van der Waals surface area contributed by atoms with Crippen molar-refractivity contribution >= 4 is 11.4 Å². The number of aryl methyl sites for hydroxylation is 2. The van der Waals surface area contributed by atoms with Crippen molar-refractivity contribution in [3.05, 3.63) is 45.1 Å². The molecule has 1 heterocycles. The zero-order valence-electron chi connectivity index (χ0n) is 12.6. The Bertz CT molecular complexity index is 695. The van der Waals surface area contributed by atoms with Crippen molar-refractivity contribution in [2.45, 2.75) is 26.8 Å². The minimum atomic E-state index is -0.730. The molecule has 0 saturated heterocycles. The Morgan fingerprint density at radius 3 is 2.64 bits per heavy atom. The van der Waals surface area contributed by atoms with E-state index in [0.29, 0.717) is 11.5 Å². The highest BCUT2D eigenvalue weighted by Gasteiger charge is 2.22. The summed E-state index contributed by atoms with van der Waals surface area (Å²) in [6.45, 7) is 5.37. The molecule has 0 aliphatic rings. The van der Waals surface area contributed by atoms with Crippen LogP contribution in [0.3, 0.4) is 0 Å². The predicted octanol–water partition coefficient (Wildman–Crippen LogP) is 3.52. The Morgan fingerprint density at radius 2 is 2.14 bits per heavy atom. The van der Waals surface area contributed by atoms with Crippen molar-refractivity contribution in [2.24, 2.45) is 0 Å². The quantitative estimate of drug-likeness (QED) is 0.671. The molecule has 1 atom stereocenters. The lowest BCUT2D eigenvalue weighted by Gasteiger charge is -2.16. The number of rotatable bonds is 5. The van der Waals surface area contributed by atoms with Crippen LogP contribution in [-0.2, 0) is 0 Å². The summed E-state index contributed by atoms with van der Waals surface area (Å²) in [5, 5.41) is 17.7. The highest BCUT2D eigenvalue weighted by atomic mass is 19.1. The van der Waals surface area contributed by atoms with E-state index in [1.54, 1.807) is 13.8 Å². The van der Waals surface area contributed by atoms with Crippen LogP contribution in [0, 0.1) is 29.8 Å². The second-order valence-corrected chi connectivity index (χ2v) is 4.86. The van der Waals surface area contributed by atoms with Gasteiger partial charge in [-0.2, -0.15) is 0 Å². The molecule has 118 valence electrons. The van der Waals surface area contributed by atoms with Crippen LogP contribution in [0.15, 0.2) is 16.7 Å². The fourth-order valence-corrected chi connectivity index (χ4v) is 2.37. The predicted molar refractivity (Wildman–Crippen MR) is 77.6 cm³/mol. The molecule has 0 aliphatic heterocycles. The normalized spacial score (nSPS) is 12.0. The Labute approximate surface area is 126 Å². The molecule has 1 aromatic heterocycles. The second-order valence-electron chi connectivity index (χ2n) is 4.86. The maximum Gasteiger partial charge on any atom is 0.313 e. The molecular weight excluding hydrogens is 293 g/mol. The molecule has 1 aromatic carbocycles. The summed E-state index contributed by atoms with van der Waals surface area (Å²) >= 11 is 0. The molecule has 7 nitrogen and oxygen atoms in total. The summed E-state index contributed by atoms with van der Waals surface area (Å²) in [5.74, 6) is -0.113. The van der Waals surface area contributed by atoms with Gasteiger partial charge in [-0.3, -0.25) is 10.1 Å². The molecule has 2 rings (SSSR count). The van der Waals surface area contributed by atoms with Crippen molar-refractivity contribution in [1.82, 2.24) is 5.16 Å². The summed E-state index contributed by atoms with van der Waals surface area (Å²) in [6.07, 6.45) is 0. The highest BCUT2D eigenvalue weighted by Crippen LogP contribution is 2.34. The van der Waals surface area contributed by atoms with Crippen LogP contribution in [0.2, 0.25) is 0 Å². The molecule has 0 radical (unpaired) electrons. The number of anilines is 1. The maximum absolute atomic E-state index is 14.1. The van der Waals surface area contributed by atoms with Gasteiger partial charge in [0.2, 0.25) is 0 Å². The number of nitro benzene ring substituents is 1. The van der Waals surface area contributed by atoms with Crippen LogP contribution >= 0.6 is 0 Å². The van der Waals surface area contributed by atoms with Gasteiger partial charge in [-0.15, -0.1) is 0 Å². The van der Waals surface area contributed by atoms with Gasteiger partial charge in [-0.25, -0.2) is 4.39 Å². The molecule has 0 spiro atoms. The Hall–Kier alpha value is -2.64. The lowest BCUT2D eigenvalue weighted by atomic mass is 10.1. The van der Waals surface area contributed by atoms with Crippen LogP contribution in [0.4, 0.5) is 15.8 Å². The zero-order chi connectivity index (χ0) is 16.4. The Balaban J connectivity index is 2.36. The van der Waals surface area contributed by atoms with E-state index in [1.807, 2.05) is 6.92 Å². The van der Waals surface area contributed by atoms with Crippen LogP contribution in [0.25, 0.3) is 0 Å². The summed E-state index contributed by atoms with van der Waals surface area (Å²) in [5.41, 5.74) is 1.20. The van der Waals surface area contributed by atoms with E-state index >= 15 is 0 Å². The molecule has 0 bridgehead atoms. The van der Waals surface area contributed by atoms with E-state index in [2.05, 4.69) is 10.5 Å². The molecule has 1 unspecified atom stereocenters. The van der Waals surface area contributed by atoms with Crippen molar-refractivity contribution in [2.75, 3.05) is 12.4 Å². The first-order valence-electron chi connectivity index (χ1n) is 6.56. The molecule has 0 aliphatic carbocycles. The number of nitro groups is 1. The zero-order valence-corrected chi connectivity index (χ0v) is 12.6. The molecular formula is C14H16FN3O4. The van der Waals surface area contributed by atoms with Crippen molar-refractivity contribution in [1.29, 1.82) is 0 Å². The van der Waals surface area contributed by atoms with Gasteiger partial charge in [0.05, 0.1) is 35.5 Å². The number of benzene rings is 1. The number of methoxy groups -OCH3 is 1. The highest BCUT2D eigenvalue weighted by molar-refractivity contribution is 5.59. The first-order chi connectivity index (χ1) is 10.3. The largest absolute Gasteiger partial charge is 0.490 e. The fraction of sp³-hybridized carbons (Fsp3) is 0.357. The van der Waals surface area contributed by atoms with Crippen LogP contribution in [0.5, 0.6) is 5.75 Å². The molecule has 1 N–H and O–H groups in total. The van der Waals surface area contributed by atoms with Gasteiger partial charge in [-0.1, -0.05) is 5.16 Å². The summed E-state index contributed by atoms with van der Waals surface area (Å²) in [6, 6.07) is 1.82. The minimum Gasteiger partial charge on any atom is -0.490 e. The monoisotopic (exact) mass is 309 g/mol. The van der Waals surface area contributed by atoms with Gasteiger partial charge in [0, 0.05) is 11.6 Å². The van der Waals surface area contributed by atoms with Crippen molar-refractivity contribution < 1.29 is 18.6 Å². The third kappa shape index (κ3) is 2.85. The number of nitrogens with zero attached hydrogens (tertiary/aromatic N) is 2. The van der Waals surface area contributed by atoms with Crippen molar-refractivity contribution in [3.8, 4) is 5.75 Å². The van der Waals surface area contributed by atoms with E-state index in [9.17, 15) is 14.5 Å². The van der Waals surface area contributed by atoms with Crippen LogP contribution in [0.1, 0.15) is 30.0 Å². The summed E-state index contributed by atoms with van der Waals surface area (Å²) in [4.78, 5) is 10.2. The third-order valence-corrected chi connectivity index (χ3v) is 3.36. The second kappa shape index (κ2) is 6.00. The number of halogens is 1. The van der Waals surface area contributed by atoms with E-state index in [4.69, 9.17) is 9.26 Å². The molecule has 8 heteroatoms. The van der Waals surface area contributed by atoms with E-state index in [1.165, 1.54) is 13.2 Å². The van der Waals surface area contributed by atoms with Crippen molar-refractivity contribution in [3.63, 3.8) is 0 Å². The third-order valence-electron chi connectivity index (χ3n) is 3.36. The molecule has 0 saturated carbocycles. The standard InChI is InChI=1S/C14H16FN3O4/c1-7(14-8(2)17-22-9(14)3)16-11-6-13(21-4)12(18(19)20)5-10(11)15/h5-7,16H,1-4H3. The van der Waals surface area contributed by atoms with Gasteiger partial charge in [-0.05, 0) is 20.8 Å². The average molecular weight is 309 g/mol. The lowest BCUT2D eigenvalue weighted by Crippen LogP contribution is -2.10. The van der Waals surface area contributed by atoms with Gasteiger partial charge in [0.15, 0.2) is 11.6 Å². The van der Waals surface area contributed by atoms with E-state index < -0.39 is 16.4 Å². The maximum atomic E-state index is 14.1. The number of ether oxygens (including phenoxy) is 1. The summed E-state index contributed by atoms with van der Waals surface area (Å²) < 4.78 is 24.1. The van der Waals surface area contributed by atoms with Crippen LogP contribution in [-0.4, -0.2) is 17.2 Å². The Morgan fingerprint density at radius 1 is 1.45 bits per heavy atom. The first-order valence-corrected chi connectivity index (χ1v) is 6.56. The smallest absolute Gasteiger partial charge is 0.313 e. The van der Waals surface area contributed by atoms with Gasteiger partial charge in [0.25, 0.3) is 0 Å². The van der Waals surface area contributed by atoms with Gasteiger partial charge < -0.3 is 14.6 Å².